The van der Waals surface area contributed by atoms with E-state index in [0.717, 1.165) is 5.56 Å². The Labute approximate surface area is 201 Å². The number of ketones is 1. The summed E-state index contributed by atoms with van der Waals surface area (Å²) in [5.41, 5.74) is -2.80. The second-order valence-electron chi connectivity index (χ2n) is 9.48. The van der Waals surface area contributed by atoms with Crippen molar-refractivity contribution >= 4 is 17.7 Å². The number of Topliss-reactive ketones (excluding diaryl/α,β-unsaturated/α-hetero) is 1. The van der Waals surface area contributed by atoms with E-state index in [1.54, 1.807) is 20.8 Å². The molecular weight excluding hydrogens is 436 g/mol. The lowest BCUT2D eigenvalue weighted by Gasteiger charge is -2.42. The van der Waals surface area contributed by atoms with Crippen LogP contribution in [0.4, 0.5) is 0 Å². The number of rotatable bonds is 14. The molecule has 0 aromatic heterocycles. The molecule has 1 rings (SSSR count). The molecule has 0 aliphatic carbocycles. The zero-order valence-corrected chi connectivity index (χ0v) is 20.3. The fourth-order valence-electron chi connectivity index (χ4n) is 4.32. The zero-order chi connectivity index (χ0) is 26.0. The van der Waals surface area contributed by atoms with Crippen LogP contribution in [-0.2, 0) is 19.1 Å². The lowest BCUT2D eigenvalue weighted by atomic mass is 9.59. The van der Waals surface area contributed by atoms with Crippen LogP contribution in [0.5, 0.6) is 0 Å². The Bertz CT molecular complexity index is 950. The molecule has 0 heterocycles. The van der Waals surface area contributed by atoms with Crippen LogP contribution >= 0.6 is 0 Å². The van der Waals surface area contributed by atoms with Crippen molar-refractivity contribution in [1.82, 2.24) is 0 Å². The number of aliphatic hydroxyl groups is 1. The van der Waals surface area contributed by atoms with Crippen molar-refractivity contribution in [2.75, 3.05) is 13.7 Å². The summed E-state index contributed by atoms with van der Waals surface area (Å²) in [6.07, 6.45) is 0.410. The van der Waals surface area contributed by atoms with Crippen LogP contribution in [0.15, 0.2) is 30.3 Å². The Balaban J connectivity index is 3.49. The van der Waals surface area contributed by atoms with E-state index in [-0.39, 0.29) is 43.8 Å². The number of nitrogens with zero attached hydrogens (tertiary/aromatic N) is 2. The van der Waals surface area contributed by atoms with E-state index >= 15 is 0 Å². The standard InChI is InChI=1S/C26H34N2O6/c1-24(18-27,13-12-22(31)32)26(3,23(33)34-5)16-20(19-9-7-6-8-10-19)15-25(2,28-4)14-11-21(30)17-29/h6-10,20,29H,11-17H2,1-3,5H3,(H,31,32). The highest BCUT2D eigenvalue weighted by molar-refractivity contribution is 5.79. The van der Waals surface area contributed by atoms with Gasteiger partial charge in [-0.05, 0) is 38.2 Å². The highest BCUT2D eigenvalue weighted by Crippen LogP contribution is 2.51. The molecule has 0 amide bonds. The lowest BCUT2D eigenvalue weighted by Crippen LogP contribution is -2.46. The molecule has 0 radical (unpaired) electrons. The first-order valence-corrected chi connectivity index (χ1v) is 11.2. The number of methoxy groups -OCH3 is 1. The third kappa shape index (κ3) is 7.13. The van der Waals surface area contributed by atoms with Gasteiger partial charge in [-0.15, -0.1) is 0 Å². The molecule has 0 bridgehead atoms. The molecule has 0 aliphatic rings. The number of carbonyl (C=O) groups is 3. The number of nitriles is 1. The molecule has 1 aromatic rings. The Morgan fingerprint density at radius 1 is 1.12 bits per heavy atom. The predicted octanol–water partition coefficient (Wildman–Crippen LogP) is 4.14. The van der Waals surface area contributed by atoms with E-state index in [1.807, 2.05) is 30.3 Å². The SMILES string of the molecule is [C-]#[N+]C(C)(CCC(=O)CO)CC(CC(C)(C(=O)OC)C(C)(C#N)CCC(=O)O)c1ccccc1. The van der Waals surface area contributed by atoms with Crippen molar-refractivity contribution in [3.8, 4) is 6.07 Å². The highest BCUT2D eigenvalue weighted by atomic mass is 16.5. The Morgan fingerprint density at radius 2 is 1.74 bits per heavy atom. The summed E-state index contributed by atoms with van der Waals surface area (Å²) in [6, 6.07) is 11.5. The van der Waals surface area contributed by atoms with Crippen molar-refractivity contribution in [2.24, 2.45) is 10.8 Å². The summed E-state index contributed by atoms with van der Waals surface area (Å²) in [4.78, 5) is 39.8. The molecule has 34 heavy (non-hydrogen) atoms. The van der Waals surface area contributed by atoms with Gasteiger partial charge in [0.25, 0.3) is 0 Å². The number of hydrogen-bond acceptors (Lipinski definition) is 6. The highest BCUT2D eigenvalue weighted by Gasteiger charge is 2.53. The smallest absolute Gasteiger partial charge is 0.313 e. The van der Waals surface area contributed by atoms with Gasteiger partial charge >= 0.3 is 11.9 Å². The van der Waals surface area contributed by atoms with Crippen molar-refractivity contribution < 1.29 is 29.3 Å². The predicted molar refractivity (Wildman–Crippen MR) is 125 cm³/mol. The monoisotopic (exact) mass is 470 g/mol. The van der Waals surface area contributed by atoms with Gasteiger partial charge in [0.05, 0.1) is 24.0 Å². The number of aliphatic carboxylic acids is 1. The number of aliphatic hydroxyl groups excluding tert-OH is 1. The number of carboxylic acids is 1. The van der Waals surface area contributed by atoms with Gasteiger partial charge < -0.3 is 19.8 Å². The number of esters is 1. The van der Waals surface area contributed by atoms with Gasteiger partial charge in [0, 0.05) is 32.6 Å². The first-order chi connectivity index (χ1) is 15.9. The average Bonchev–Trinajstić information content (AvgIpc) is 2.85. The Hall–Kier alpha value is -3.23. The second kappa shape index (κ2) is 12.3. The van der Waals surface area contributed by atoms with Crippen molar-refractivity contribution in [3.63, 3.8) is 0 Å². The van der Waals surface area contributed by atoms with E-state index in [1.165, 1.54) is 7.11 Å². The molecule has 8 nitrogen and oxygen atoms in total. The third-order valence-corrected chi connectivity index (χ3v) is 6.94. The van der Waals surface area contributed by atoms with Gasteiger partial charge in [-0.2, -0.15) is 5.26 Å². The number of ether oxygens (including phenoxy) is 1. The zero-order valence-electron chi connectivity index (χ0n) is 20.3. The summed E-state index contributed by atoms with van der Waals surface area (Å²) in [7, 11) is 1.23. The van der Waals surface area contributed by atoms with Crippen molar-refractivity contribution in [2.45, 2.75) is 70.8 Å². The maximum absolute atomic E-state index is 13.1. The molecule has 0 aliphatic heterocycles. The molecule has 8 heteroatoms. The summed E-state index contributed by atoms with van der Waals surface area (Å²) in [5.74, 6) is -2.40. The summed E-state index contributed by atoms with van der Waals surface area (Å²) >= 11 is 0. The minimum Gasteiger partial charge on any atom is -0.481 e. The van der Waals surface area contributed by atoms with Crippen LogP contribution < -0.4 is 0 Å². The Morgan fingerprint density at radius 3 is 2.21 bits per heavy atom. The molecule has 0 saturated carbocycles. The average molecular weight is 471 g/mol. The topological polar surface area (TPSA) is 129 Å². The maximum atomic E-state index is 13.1. The Kier molecular flexibility index (Phi) is 10.4. The molecule has 0 fully saturated rings. The van der Waals surface area contributed by atoms with Crippen LogP contribution in [0, 0.1) is 28.7 Å². The number of carboxylic acid groups (broad SMARTS) is 1. The third-order valence-electron chi connectivity index (χ3n) is 6.94. The molecule has 184 valence electrons. The fraction of sp³-hybridized carbons (Fsp3) is 0.577. The molecule has 2 N–H and O–H groups in total. The number of hydrogen-bond donors (Lipinski definition) is 2. The molecular formula is C26H34N2O6. The van der Waals surface area contributed by atoms with Crippen molar-refractivity contribution in [1.29, 1.82) is 5.26 Å². The van der Waals surface area contributed by atoms with Gasteiger partial charge in [-0.25, -0.2) is 6.57 Å². The minimum atomic E-state index is -1.36. The van der Waals surface area contributed by atoms with Crippen LogP contribution in [0.25, 0.3) is 4.85 Å². The minimum absolute atomic E-state index is 0.0446. The summed E-state index contributed by atoms with van der Waals surface area (Å²) in [6.45, 7) is 12.1. The van der Waals surface area contributed by atoms with E-state index < -0.39 is 34.9 Å². The molecule has 0 spiro atoms. The fourth-order valence-corrected chi connectivity index (χ4v) is 4.32. The molecule has 4 atom stereocenters. The first kappa shape index (κ1) is 28.8. The van der Waals surface area contributed by atoms with E-state index in [9.17, 15) is 24.8 Å². The number of benzene rings is 1. The van der Waals surface area contributed by atoms with Gasteiger partial charge in [0.15, 0.2) is 5.78 Å². The quantitative estimate of drug-likeness (QED) is 0.309. The maximum Gasteiger partial charge on any atom is 0.313 e. The van der Waals surface area contributed by atoms with Gasteiger partial charge in [-0.1, -0.05) is 30.3 Å². The number of carbonyl (C=O) groups excluding carboxylic acids is 2. The van der Waals surface area contributed by atoms with Crippen LogP contribution in [-0.4, -0.2) is 47.2 Å². The summed E-state index contributed by atoms with van der Waals surface area (Å²) in [5, 5.41) is 28.3. The summed E-state index contributed by atoms with van der Waals surface area (Å²) < 4.78 is 5.09. The second-order valence-corrected chi connectivity index (χ2v) is 9.48. The van der Waals surface area contributed by atoms with Gasteiger partial charge in [0.1, 0.15) is 6.61 Å². The van der Waals surface area contributed by atoms with Crippen molar-refractivity contribution in [3.05, 3.63) is 47.3 Å². The van der Waals surface area contributed by atoms with Gasteiger partial charge in [0.2, 0.25) is 5.54 Å². The van der Waals surface area contributed by atoms with E-state index in [2.05, 4.69) is 10.9 Å². The van der Waals surface area contributed by atoms with E-state index in [0.29, 0.717) is 6.42 Å². The van der Waals surface area contributed by atoms with E-state index in [4.69, 9.17) is 16.4 Å². The lowest BCUT2D eigenvalue weighted by molar-refractivity contribution is -0.160. The molecule has 0 saturated heterocycles. The molecule has 4 unspecified atom stereocenters. The normalized spacial score (nSPS) is 17.0. The largest absolute Gasteiger partial charge is 0.481 e. The first-order valence-electron chi connectivity index (χ1n) is 11.2. The van der Waals surface area contributed by atoms with Crippen LogP contribution in [0.2, 0.25) is 0 Å². The van der Waals surface area contributed by atoms with Gasteiger partial charge in [-0.3, -0.25) is 14.4 Å². The van der Waals surface area contributed by atoms with Crippen LogP contribution in [0.3, 0.4) is 0 Å². The molecule has 1 aromatic carbocycles. The van der Waals surface area contributed by atoms with Crippen LogP contribution in [0.1, 0.15) is 70.8 Å².